The molecule has 7 nitrogen and oxygen atoms in total. The van der Waals surface area contributed by atoms with Crippen LogP contribution < -0.4 is 4.90 Å². The molecule has 2 aliphatic heterocycles. The number of hydrogen-bond acceptors (Lipinski definition) is 7. The molecule has 0 aromatic carbocycles. The van der Waals surface area contributed by atoms with Crippen molar-refractivity contribution in [2.75, 3.05) is 11.4 Å². The first-order chi connectivity index (χ1) is 10.7. The van der Waals surface area contributed by atoms with Gasteiger partial charge in [0, 0.05) is 6.54 Å². The Bertz CT molecular complexity index is 662. The second kappa shape index (κ2) is 5.28. The van der Waals surface area contributed by atoms with Gasteiger partial charge >= 0.3 is 0 Å². The molecule has 4 heterocycles. The number of fused-ring (bicyclic) bond motifs is 1. The average Bonchev–Trinajstić information content (AvgIpc) is 3.14. The van der Waals surface area contributed by atoms with Crippen molar-refractivity contribution in [3.8, 4) is 0 Å². The molecule has 0 unspecified atom stereocenters. The van der Waals surface area contributed by atoms with Crippen molar-refractivity contribution >= 4 is 5.95 Å². The summed E-state index contributed by atoms with van der Waals surface area (Å²) in [7, 11) is 0. The van der Waals surface area contributed by atoms with E-state index in [0.29, 0.717) is 17.7 Å². The minimum Gasteiger partial charge on any atom is -0.363 e. The highest BCUT2D eigenvalue weighted by Gasteiger charge is 2.42. The molecule has 0 amide bonds. The summed E-state index contributed by atoms with van der Waals surface area (Å²) in [6.07, 6.45) is 4.95. The van der Waals surface area contributed by atoms with E-state index in [2.05, 4.69) is 25.0 Å². The Labute approximate surface area is 126 Å². The highest BCUT2D eigenvalue weighted by Crippen LogP contribution is 2.38. The van der Waals surface area contributed by atoms with Gasteiger partial charge in [0.2, 0.25) is 5.95 Å². The lowest BCUT2D eigenvalue weighted by atomic mass is 9.99. The highest BCUT2D eigenvalue weighted by molar-refractivity contribution is 5.34. The monoisotopic (exact) mass is 305 g/mol. The van der Waals surface area contributed by atoms with Crippen molar-refractivity contribution in [1.29, 1.82) is 0 Å². The predicted molar refractivity (Wildman–Crippen MR) is 73.6 cm³/mol. The first-order valence-electron chi connectivity index (χ1n) is 7.40. The lowest BCUT2D eigenvalue weighted by Crippen LogP contribution is -2.41. The van der Waals surface area contributed by atoms with E-state index in [1.807, 2.05) is 0 Å². The van der Waals surface area contributed by atoms with Crippen LogP contribution in [0, 0.1) is 12.7 Å². The van der Waals surface area contributed by atoms with Gasteiger partial charge in [-0.2, -0.15) is 4.98 Å². The van der Waals surface area contributed by atoms with Gasteiger partial charge in [-0.25, -0.2) is 14.4 Å². The summed E-state index contributed by atoms with van der Waals surface area (Å²) in [4.78, 5) is 14.5. The summed E-state index contributed by atoms with van der Waals surface area (Å²) < 4.78 is 24.3. The van der Waals surface area contributed by atoms with E-state index in [0.717, 1.165) is 25.8 Å². The van der Waals surface area contributed by atoms with Crippen LogP contribution in [0.2, 0.25) is 0 Å². The van der Waals surface area contributed by atoms with Gasteiger partial charge in [0.15, 0.2) is 11.6 Å². The van der Waals surface area contributed by atoms with Crippen LogP contribution in [-0.2, 0) is 4.74 Å². The van der Waals surface area contributed by atoms with Crippen LogP contribution >= 0.6 is 0 Å². The van der Waals surface area contributed by atoms with Gasteiger partial charge in [-0.3, -0.25) is 0 Å². The maximum atomic E-state index is 13.0. The van der Waals surface area contributed by atoms with Crippen molar-refractivity contribution < 1.29 is 13.7 Å². The third-order valence-electron chi connectivity index (χ3n) is 4.23. The predicted octanol–water partition coefficient (Wildman–Crippen LogP) is 1.81. The Morgan fingerprint density at radius 2 is 2.05 bits per heavy atom. The molecule has 0 spiro atoms. The maximum absolute atomic E-state index is 13.0. The molecule has 0 aliphatic carbocycles. The molecule has 2 aromatic rings. The Balaban J connectivity index is 1.49. The largest absolute Gasteiger partial charge is 0.363 e. The summed E-state index contributed by atoms with van der Waals surface area (Å²) in [5.41, 5.74) is 0. The number of rotatable bonds is 2. The SMILES string of the molecule is Cc1noc([C@@H]2CC[C@@H]3[C@@H](CCN3c3ncc(F)cn3)O2)n1. The first-order valence-corrected chi connectivity index (χ1v) is 7.40. The van der Waals surface area contributed by atoms with Gasteiger partial charge in [-0.1, -0.05) is 5.16 Å². The van der Waals surface area contributed by atoms with Crippen LogP contribution in [0.3, 0.4) is 0 Å². The number of hydrogen-bond donors (Lipinski definition) is 0. The molecule has 2 saturated heterocycles. The molecule has 2 fully saturated rings. The Morgan fingerprint density at radius 1 is 1.23 bits per heavy atom. The van der Waals surface area contributed by atoms with E-state index in [1.165, 1.54) is 12.4 Å². The van der Waals surface area contributed by atoms with Crippen molar-refractivity contribution in [3.63, 3.8) is 0 Å². The lowest BCUT2D eigenvalue weighted by molar-refractivity contribution is -0.0657. The fourth-order valence-electron chi connectivity index (χ4n) is 3.25. The Kier molecular flexibility index (Phi) is 3.25. The molecule has 0 N–H and O–H groups in total. The van der Waals surface area contributed by atoms with E-state index >= 15 is 0 Å². The maximum Gasteiger partial charge on any atom is 0.255 e. The highest BCUT2D eigenvalue weighted by atomic mass is 19.1. The van der Waals surface area contributed by atoms with Crippen LogP contribution in [0.1, 0.15) is 37.1 Å². The van der Waals surface area contributed by atoms with Gasteiger partial charge in [-0.15, -0.1) is 0 Å². The van der Waals surface area contributed by atoms with Gasteiger partial charge in [0.25, 0.3) is 5.89 Å². The smallest absolute Gasteiger partial charge is 0.255 e. The van der Waals surface area contributed by atoms with Gasteiger partial charge in [0.1, 0.15) is 6.10 Å². The van der Waals surface area contributed by atoms with E-state index in [9.17, 15) is 4.39 Å². The topological polar surface area (TPSA) is 77.2 Å². The quantitative estimate of drug-likeness (QED) is 0.837. The van der Waals surface area contributed by atoms with E-state index < -0.39 is 5.82 Å². The summed E-state index contributed by atoms with van der Waals surface area (Å²) >= 11 is 0. The van der Waals surface area contributed by atoms with Gasteiger partial charge in [-0.05, 0) is 26.2 Å². The molecular weight excluding hydrogens is 289 g/mol. The summed E-state index contributed by atoms with van der Waals surface area (Å²) in [6, 6.07) is 0.214. The third kappa shape index (κ3) is 2.33. The number of aromatic nitrogens is 4. The Hall–Kier alpha value is -2.09. The lowest BCUT2D eigenvalue weighted by Gasteiger charge is -2.34. The summed E-state index contributed by atoms with van der Waals surface area (Å²) in [6.45, 7) is 2.60. The molecule has 0 radical (unpaired) electrons. The number of halogens is 1. The molecule has 4 rings (SSSR count). The average molecular weight is 305 g/mol. The van der Waals surface area contributed by atoms with Crippen LogP contribution in [-0.4, -0.2) is 38.8 Å². The van der Waals surface area contributed by atoms with Crippen LogP contribution in [0.5, 0.6) is 0 Å². The van der Waals surface area contributed by atoms with Crippen molar-refractivity contribution in [3.05, 3.63) is 29.9 Å². The standard InChI is InChI=1S/C14H16FN5O2/c1-8-18-13(22-19-8)12-3-2-10-11(21-12)4-5-20(10)14-16-6-9(15)7-17-14/h6-7,10-12H,2-5H2,1H3/t10-,11-,12+/m1/s1. The van der Waals surface area contributed by atoms with Crippen LogP contribution in [0.15, 0.2) is 16.9 Å². The number of ether oxygens (including phenoxy) is 1. The van der Waals surface area contributed by atoms with E-state index in [1.54, 1.807) is 6.92 Å². The van der Waals surface area contributed by atoms with Gasteiger partial charge in [0.05, 0.1) is 24.5 Å². The molecule has 3 atom stereocenters. The Morgan fingerprint density at radius 3 is 2.77 bits per heavy atom. The zero-order valence-corrected chi connectivity index (χ0v) is 12.1. The number of aryl methyl sites for hydroxylation is 1. The second-order valence-corrected chi connectivity index (χ2v) is 5.67. The summed E-state index contributed by atoms with van der Waals surface area (Å²) in [5.74, 6) is 1.30. The third-order valence-corrected chi connectivity index (χ3v) is 4.23. The molecule has 22 heavy (non-hydrogen) atoms. The zero-order valence-electron chi connectivity index (χ0n) is 12.1. The fourth-order valence-corrected chi connectivity index (χ4v) is 3.25. The zero-order chi connectivity index (χ0) is 15.1. The van der Waals surface area contributed by atoms with Crippen molar-refractivity contribution in [2.45, 2.75) is 44.4 Å². The first kappa shape index (κ1) is 13.6. The normalized spacial score (nSPS) is 27.9. The number of anilines is 1. The molecule has 116 valence electrons. The minimum atomic E-state index is -0.425. The summed E-state index contributed by atoms with van der Waals surface area (Å²) in [5, 5.41) is 3.82. The second-order valence-electron chi connectivity index (χ2n) is 5.67. The molecule has 0 bridgehead atoms. The van der Waals surface area contributed by atoms with Gasteiger partial charge < -0.3 is 14.2 Å². The molecule has 0 saturated carbocycles. The number of nitrogens with zero attached hydrogens (tertiary/aromatic N) is 5. The minimum absolute atomic E-state index is 0.0830. The van der Waals surface area contributed by atoms with E-state index in [4.69, 9.17) is 9.26 Å². The fraction of sp³-hybridized carbons (Fsp3) is 0.571. The van der Waals surface area contributed by atoms with Crippen LogP contribution in [0.25, 0.3) is 0 Å². The molecular formula is C14H16FN5O2. The van der Waals surface area contributed by atoms with Crippen molar-refractivity contribution in [1.82, 2.24) is 20.1 Å². The van der Waals surface area contributed by atoms with Crippen LogP contribution in [0.4, 0.5) is 10.3 Å². The van der Waals surface area contributed by atoms with Crippen molar-refractivity contribution in [2.24, 2.45) is 0 Å². The molecule has 2 aromatic heterocycles. The van der Waals surface area contributed by atoms with E-state index in [-0.39, 0.29) is 18.2 Å². The molecule has 8 heteroatoms. The molecule has 2 aliphatic rings.